The average Bonchev–Trinajstić information content (AvgIpc) is 3.24. The second kappa shape index (κ2) is 7.21. The van der Waals surface area contributed by atoms with Crippen molar-refractivity contribution in [1.29, 1.82) is 0 Å². The van der Waals surface area contributed by atoms with E-state index in [2.05, 4.69) is 10.2 Å². The van der Waals surface area contributed by atoms with Gasteiger partial charge >= 0.3 is 5.91 Å². The number of halogens is 1. The first kappa shape index (κ1) is 18.9. The van der Waals surface area contributed by atoms with Gasteiger partial charge in [-0.05, 0) is 31.5 Å². The minimum absolute atomic E-state index is 0.0710. The Labute approximate surface area is 169 Å². The minimum Gasteiger partial charge on any atom is -0.507 e. The molecule has 1 aliphatic rings. The fourth-order valence-corrected chi connectivity index (χ4v) is 3.95. The fourth-order valence-electron chi connectivity index (χ4n) is 3.24. The Morgan fingerprint density at radius 3 is 2.28 bits per heavy atom. The van der Waals surface area contributed by atoms with Gasteiger partial charge in [-0.1, -0.05) is 53.3 Å². The summed E-state index contributed by atoms with van der Waals surface area (Å²) >= 11 is 1.16. The molecule has 1 aliphatic heterocycles. The molecule has 6 nitrogen and oxygen atoms in total. The first-order valence-electron chi connectivity index (χ1n) is 8.80. The topological polar surface area (TPSA) is 83.4 Å². The number of carbonyl (C=O) groups excluding carboxylic acids is 2. The number of aliphatic hydroxyl groups excluding tert-OH is 1. The van der Waals surface area contributed by atoms with Gasteiger partial charge in [-0.15, -0.1) is 10.2 Å². The number of rotatable bonds is 3. The van der Waals surface area contributed by atoms with Crippen molar-refractivity contribution in [2.24, 2.45) is 0 Å². The van der Waals surface area contributed by atoms with Gasteiger partial charge in [0.25, 0.3) is 5.78 Å². The van der Waals surface area contributed by atoms with Crippen LogP contribution < -0.4 is 4.90 Å². The standard InChI is InChI=1S/C21H16FN3O3S/c1-11-3-5-14(6-4-11)18(26)16-17(13-7-9-15(22)10-8-13)25(20(28)19(16)27)21-24-23-12(2)29-21/h3-10,17,26H,1-2H3/b18-16-. The molecule has 1 unspecified atom stereocenters. The van der Waals surface area contributed by atoms with Crippen molar-refractivity contribution in [1.82, 2.24) is 10.2 Å². The van der Waals surface area contributed by atoms with Crippen molar-refractivity contribution in [3.63, 3.8) is 0 Å². The summed E-state index contributed by atoms with van der Waals surface area (Å²) in [7, 11) is 0. The van der Waals surface area contributed by atoms with E-state index in [1.54, 1.807) is 31.2 Å². The number of anilines is 1. The number of aliphatic hydroxyl groups is 1. The molecule has 0 bridgehead atoms. The molecule has 1 amide bonds. The van der Waals surface area contributed by atoms with Crippen LogP contribution in [-0.4, -0.2) is 27.0 Å². The number of aromatic nitrogens is 2. The fraction of sp³-hybridized carbons (Fsp3) is 0.143. The monoisotopic (exact) mass is 409 g/mol. The number of ketones is 1. The number of carbonyl (C=O) groups is 2. The number of aryl methyl sites for hydroxylation is 2. The summed E-state index contributed by atoms with van der Waals surface area (Å²) in [4.78, 5) is 27.0. The molecule has 0 aliphatic carbocycles. The predicted octanol–water partition coefficient (Wildman–Crippen LogP) is 3.92. The highest BCUT2D eigenvalue weighted by atomic mass is 32.1. The molecule has 1 N–H and O–H groups in total. The Morgan fingerprint density at radius 2 is 1.69 bits per heavy atom. The first-order chi connectivity index (χ1) is 13.9. The number of amides is 1. The van der Waals surface area contributed by atoms with Crippen molar-refractivity contribution < 1.29 is 19.1 Å². The lowest BCUT2D eigenvalue weighted by molar-refractivity contribution is -0.132. The van der Waals surface area contributed by atoms with E-state index in [-0.39, 0.29) is 16.5 Å². The van der Waals surface area contributed by atoms with Crippen LogP contribution >= 0.6 is 11.3 Å². The number of benzene rings is 2. The Kier molecular flexibility index (Phi) is 4.71. The van der Waals surface area contributed by atoms with Gasteiger partial charge in [-0.3, -0.25) is 14.5 Å². The minimum atomic E-state index is -0.941. The summed E-state index contributed by atoms with van der Waals surface area (Å²) in [6, 6.07) is 11.5. The molecular weight excluding hydrogens is 393 g/mol. The molecule has 1 saturated heterocycles. The van der Waals surface area contributed by atoms with Crippen molar-refractivity contribution >= 4 is 33.9 Å². The molecular formula is C21H16FN3O3S. The van der Waals surface area contributed by atoms with Gasteiger partial charge in [-0.25, -0.2) is 4.39 Å². The van der Waals surface area contributed by atoms with E-state index in [1.807, 2.05) is 6.92 Å². The summed E-state index contributed by atoms with van der Waals surface area (Å²) < 4.78 is 13.5. The molecule has 0 spiro atoms. The van der Waals surface area contributed by atoms with E-state index in [0.29, 0.717) is 16.1 Å². The quantitative estimate of drug-likeness (QED) is 0.403. The Hall–Kier alpha value is -3.39. The lowest BCUT2D eigenvalue weighted by Gasteiger charge is -2.22. The van der Waals surface area contributed by atoms with E-state index >= 15 is 0 Å². The number of hydrogen-bond acceptors (Lipinski definition) is 6. The normalized spacial score (nSPS) is 18.4. The smallest absolute Gasteiger partial charge is 0.301 e. The van der Waals surface area contributed by atoms with E-state index in [0.717, 1.165) is 16.9 Å². The van der Waals surface area contributed by atoms with E-state index < -0.39 is 23.5 Å². The lowest BCUT2D eigenvalue weighted by atomic mass is 9.95. The molecule has 1 fully saturated rings. The second-order valence-corrected chi connectivity index (χ2v) is 7.85. The molecule has 0 saturated carbocycles. The Morgan fingerprint density at radius 1 is 1.03 bits per heavy atom. The van der Waals surface area contributed by atoms with Crippen LogP contribution in [0.2, 0.25) is 0 Å². The third kappa shape index (κ3) is 3.31. The SMILES string of the molecule is Cc1ccc(/C(O)=C2/C(=O)C(=O)N(c3nnc(C)s3)C2c2ccc(F)cc2)cc1. The van der Waals surface area contributed by atoms with Gasteiger partial charge in [0.2, 0.25) is 5.13 Å². The molecule has 1 aromatic heterocycles. The van der Waals surface area contributed by atoms with Gasteiger partial charge in [-0.2, -0.15) is 0 Å². The molecule has 0 radical (unpaired) electrons. The maximum absolute atomic E-state index is 13.5. The molecule has 4 rings (SSSR count). The van der Waals surface area contributed by atoms with Crippen LogP contribution in [-0.2, 0) is 9.59 Å². The predicted molar refractivity (Wildman–Crippen MR) is 107 cm³/mol. The molecule has 1 atom stereocenters. The maximum Gasteiger partial charge on any atom is 0.301 e. The van der Waals surface area contributed by atoms with Crippen LogP contribution in [0.5, 0.6) is 0 Å². The highest BCUT2D eigenvalue weighted by Gasteiger charge is 2.48. The first-order valence-corrected chi connectivity index (χ1v) is 9.62. The lowest BCUT2D eigenvalue weighted by Crippen LogP contribution is -2.29. The molecule has 3 aromatic rings. The zero-order chi connectivity index (χ0) is 20.7. The number of nitrogens with zero attached hydrogens (tertiary/aromatic N) is 3. The second-order valence-electron chi connectivity index (χ2n) is 6.69. The van der Waals surface area contributed by atoms with Crippen LogP contribution in [0.1, 0.15) is 27.7 Å². The van der Waals surface area contributed by atoms with Gasteiger partial charge in [0.05, 0.1) is 11.6 Å². The van der Waals surface area contributed by atoms with Gasteiger partial charge in [0.1, 0.15) is 16.6 Å². The molecule has 29 heavy (non-hydrogen) atoms. The van der Waals surface area contributed by atoms with Crippen LogP contribution in [0.3, 0.4) is 0 Å². The summed E-state index contributed by atoms with van der Waals surface area (Å²) in [6.45, 7) is 3.63. The van der Waals surface area contributed by atoms with Crippen molar-refractivity contribution in [3.05, 3.63) is 81.6 Å². The molecule has 2 heterocycles. The van der Waals surface area contributed by atoms with Gasteiger partial charge in [0.15, 0.2) is 0 Å². The van der Waals surface area contributed by atoms with Crippen LogP contribution in [0.25, 0.3) is 5.76 Å². The molecule has 8 heteroatoms. The highest BCUT2D eigenvalue weighted by Crippen LogP contribution is 2.42. The third-order valence-electron chi connectivity index (χ3n) is 4.68. The highest BCUT2D eigenvalue weighted by molar-refractivity contribution is 7.15. The molecule has 2 aromatic carbocycles. The Bertz CT molecular complexity index is 1140. The van der Waals surface area contributed by atoms with Gasteiger partial charge in [0, 0.05) is 5.56 Å². The van der Waals surface area contributed by atoms with Crippen molar-refractivity contribution in [3.8, 4) is 0 Å². The maximum atomic E-state index is 13.5. The van der Waals surface area contributed by atoms with Crippen molar-refractivity contribution in [2.75, 3.05) is 4.90 Å². The summed E-state index contributed by atoms with van der Waals surface area (Å²) in [5, 5.41) is 19.7. The zero-order valence-corrected chi connectivity index (χ0v) is 16.4. The van der Waals surface area contributed by atoms with Gasteiger partial charge < -0.3 is 5.11 Å². The largest absolute Gasteiger partial charge is 0.507 e. The average molecular weight is 409 g/mol. The number of hydrogen-bond donors (Lipinski definition) is 1. The third-order valence-corrected chi connectivity index (χ3v) is 5.51. The van der Waals surface area contributed by atoms with E-state index in [4.69, 9.17) is 0 Å². The Balaban J connectivity index is 1.93. The van der Waals surface area contributed by atoms with Crippen LogP contribution in [0.15, 0.2) is 54.1 Å². The van der Waals surface area contributed by atoms with Crippen LogP contribution in [0.4, 0.5) is 9.52 Å². The van der Waals surface area contributed by atoms with Crippen molar-refractivity contribution in [2.45, 2.75) is 19.9 Å². The zero-order valence-electron chi connectivity index (χ0n) is 15.6. The van der Waals surface area contributed by atoms with Crippen LogP contribution in [0, 0.1) is 19.7 Å². The van der Waals surface area contributed by atoms with E-state index in [1.165, 1.54) is 29.2 Å². The van der Waals surface area contributed by atoms with E-state index in [9.17, 15) is 19.1 Å². The summed E-state index contributed by atoms with van der Waals surface area (Å²) in [6.07, 6.45) is 0. The molecule has 146 valence electrons. The summed E-state index contributed by atoms with van der Waals surface area (Å²) in [5.41, 5.74) is 1.81. The number of Topliss-reactive ketones (excluding diaryl/α,β-unsaturated/α-hetero) is 1. The summed E-state index contributed by atoms with van der Waals surface area (Å²) in [5.74, 6) is -2.38.